The average Bonchev–Trinajstić information content (AvgIpc) is 2.88. The Kier molecular flexibility index (Phi) is 3.91. The van der Waals surface area contributed by atoms with E-state index in [4.69, 9.17) is 5.11 Å². The van der Waals surface area contributed by atoms with Crippen LogP contribution in [0.15, 0.2) is 36.7 Å². The van der Waals surface area contributed by atoms with E-state index in [-0.39, 0.29) is 10.8 Å². The summed E-state index contributed by atoms with van der Waals surface area (Å²) < 4.78 is 0. The summed E-state index contributed by atoms with van der Waals surface area (Å²) in [5.41, 5.74) is 0.924. The smallest absolute Gasteiger partial charge is 0.345 e. The van der Waals surface area contributed by atoms with Crippen LogP contribution >= 0.6 is 11.3 Å². The van der Waals surface area contributed by atoms with Crippen molar-refractivity contribution >= 4 is 23.2 Å². The maximum Gasteiger partial charge on any atom is 0.345 e. The molecule has 2 aromatic heterocycles. The van der Waals surface area contributed by atoms with E-state index in [9.17, 15) is 9.59 Å². The van der Waals surface area contributed by atoms with Crippen LogP contribution in [-0.4, -0.2) is 33.9 Å². The number of rotatable bonds is 4. The number of carboxylic acid groups (broad SMARTS) is 1. The molecule has 0 fully saturated rings. The fraction of sp³-hybridized carbons (Fsp3) is 0.154. The first kappa shape index (κ1) is 13.2. The molecule has 2 rings (SSSR count). The van der Waals surface area contributed by atoms with Gasteiger partial charge in [0.25, 0.3) is 5.91 Å². The summed E-state index contributed by atoms with van der Waals surface area (Å²) in [4.78, 5) is 29.0. The summed E-state index contributed by atoms with van der Waals surface area (Å²) in [6.45, 7) is 0.437. The van der Waals surface area contributed by atoms with Gasteiger partial charge in [-0.2, -0.15) is 0 Å². The number of amides is 1. The van der Waals surface area contributed by atoms with Gasteiger partial charge in [-0.3, -0.25) is 9.78 Å². The van der Waals surface area contributed by atoms with Gasteiger partial charge in [0.2, 0.25) is 0 Å². The van der Waals surface area contributed by atoms with Gasteiger partial charge in [0.15, 0.2) is 0 Å². The van der Waals surface area contributed by atoms with E-state index in [0.29, 0.717) is 11.4 Å². The van der Waals surface area contributed by atoms with Crippen molar-refractivity contribution in [2.24, 2.45) is 0 Å². The molecule has 0 saturated heterocycles. The number of hydrogen-bond donors (Lipinski definition) is 1. The molecule has 0 bridgehead atoms. The summed E-state index contributed by atoms with van der Waals surface area (Å²) in [5.74, 6) is -1.21. The van der Waals surface area contributed by atoms with Crippen LogP contribution in [0.1, 0.15) is 24.9 Å². The van der Waals surface area contributed by atoms with Gasteiger partial charge in [-0.25, -0.2) is 4.79 Å². The molecule has 0 spiro atoms. The standard InChI is InChI=1S/C13H12N2O3S/c1-15(8-9-3-2-6-14-7-9)12(16)10-4-5-11(19-10)13(17)18/h2-7H,8H2,1H3,(H,17,18). The molecular weight excluding hydrogens is 264 g/mol. The number of aromatic nitrogens is 1. The van der Waals surface area contributed by atoms with Crippen molar-refractivity contribution in [3.8, 4) is 0 Å². The first-order valence-corrected chi connectivity index (χ1v) is 6.37. The van der Waals surface area contributed by atoms with Crippen LogP contribution < -0.4 is 0 Å². The van der Waals surface area contributed by atoms with E-state index in [1.165, 1.54) is 17.0 Å². The fourth-order valence-electron chi connectivity index (χ4n) is 1.59. The van der Waals surface area contributed by atoms with Crippen LogP contribution in [0.3, 0.4) is 0 Å². The van der Waals surface area contributed by atoms with Crippen molar-refractivity contribution in [3.05, 3.63) is 52.0 Å². The zero-order chi connectivity index (χ0) is 13.8. The van der Waals surface area contributed by atoms with Crippen LogP contribution in [-0.2, 0) is 6.54 Å². The van der Waals surface area contributed by atoms with E-state index >= 15 is 0 Å². The largest absolute Gasteiger partial charge is 0.477 e. The van der Waals surface area contributed by atoms with E-state index in [2.05, 4.69) is 4.98 Å². The highest BCUT2D eigenvalue weighted by Gasteiger charge is 2.16. The van der Waals surface area contributed by atoms with Gasteiger partial charge in [-0.05, 0) is 23.8 Å². The van der Waals surface area contributed by atoms with Crippen molar-refractivity contribution in [2.75, 3.05) is 7.05 Å². The minimum Gasteiger partial charge on any atom is -0.477 e. The monoisotopic (exact) mass is 276 g/mol. The Labute approximate surface area is 114 Å². The van der Waals surface area contributed by atoms with Crippen LogP contribution in [0, 0.1) is 0 Å². The zero-order valence-corrected chi connectivity index (χ0v) is 11.1. The fourth-order valence-corrected chi connectivity index (χ4v) is 2.43. The summed E-state index contributed by atoms with van der Waals surface area (Å²) in [6, 6.07) is 6.67. The number of pyridine rings is 1. The summed E-state index contributed by atoms with van der Waals surface area (Å²) in [5, 5.41) is 8.83. The second-order valence-electron chi connectivity index (χ2n) is 3.99. The molecule has 0 aliphatic heterocycles. The maximum atomic E-state index is 12.1. The van der Waals surface area contributed by atoms with Crippen molar-refractivity contribution in [1.82, 2.24) is 9.88 Å². The Morgan fingerprint density at radius 1 is 1.32 bits per heavy atom. The highest BCUT2D eigenvalue weighted by Crippen LogP contribution is 2.18. The summed E-state index contributed by atoms with van der Waals surface area (Å²) in [7, 11) is 1.68. The quantitative estimate of drug-likeness (QED) is 0.928. The van der Waals surface area contributed by atoms with Crippen molar-refractivity contribution in [3.63, 3.8) is 0 Å². The molecule has 0 unspecified atom stereocenters. The van der Waals surface area contributed by atoms with Gasteiger partial charge >= 0.3 is 5.97 Å². The molecule has 1 N–H and O–H groups in total. The lowest BCUT2D eigenvalue weighted by Crippen LogP contribution is -2.25. The SMILES string of the molecule is CN(Cc1cccnc1)C(=O)c1ccc(C(=O)O)s1. The highest BCUT2D eigenvalue weighted by atomic mass is 32.1. The molecule has 0 atom stereocenters. The second kappa shape index (κ2) is 5.62. The molecule has 6 heteroatoms. The number of thiophene rings is 1. The van der Waals surface area contributed by atoms with Crippen molar-refractivity contribution in [2.45, 2.75) is 6.54 Å². The van der Waals surface area contributed by atoms with Crippen LogP contribution in [0.25, 0.3) is 0 Å². The number of carbonyl (C=O) groups is 2. The van der Waals surface area contributed by atoms with Crippen molar-refractivity contribution < 1.29 is 14.7 Å². The Hall–Kier alpha value is -2.21. The van der Waals surface area contributed by atoms with E-state index in [1.807, 2.05) is 6.07 Å². The molecule has 2 aromatic rings. The summed E-state index contributed by atoms with van der Waals surface area (Å²) in [6.07, 6.45) is 3.37. The van der Waals surface area contributed by atoms with Gasteiger partial charge < -0.3 is 10.0 Å². The molecule has 2 heterocycles. The predicted molar refractivity (Wildman–Crippen MR) is 71.3 cm³/mol. The first-order chi connectivity index (χ1) is 9.08. The third-order valence-electron chi connectivity index (χ3n) is 2.52. The molecule has 0 aromatic carbocycles. The normalized spacial score (nSPS) is 10.2. The molecule has 19 heavy (non-hydrogen) atoms. The zero-order valence-electron chi connectivity index (χ0n) is 10.2. The topological polar surface area (TPSA) is 70.5 Å². The van der Waals surface area contributed by atoms with Gasteiger partial charge in [-0.15, -0.1) is 11.3 Å². The molecular formula is C13H12N2O3S. The first-order valence-electron chi connectivity index (χ1n) is 5.55. The molecule has 0 radical (unpaired) electrons. The maximum absolute atomic E-state index is 12.1. The molecule has 1 amide bonds. The van der Waals surface area contributed by atoms with Gasteiger partial charge in [0.1, 0.15) is 4.88 Å². The van der Waals surface area contributed by atoms with Crippen molar-refractivity contribution in [1.29, 1.82) is 0 Å². The Bertz CT molecular complexity index is 595. The number of nitrogens with zero attached hydrogens (tertiary/aromatic N) is 2. The number of carboxylic acids is 1. The average molecular weight is 276 g/mol. The third kappa shape index (κ3) is 3.17. The highest BCUT2D eigenvalue weighted by molar-refractivity contribution is 7.15. The summed E-state index contributed by atoms with van der Waals surface area (Å²) >= 11 is 0.982. The lowest BCUT2D eigenvalue weighted by Gasteiger charge is -2.15. The van der Waals surface area contributed by atoms with Gasteiger partial charge in [-0.1, -0.05) is 6.07 Å². The van der Waals surface area contributed by atoms with Crippen LogP contribution in [0.2, 0.25) is 0 Å². The Morgan fingerprint density at radius 3 is 2.63 bits per heavy atom. The molecule has 98 valence electrons. The molecule has 0 aliphatic rings. The predicted octanol–water partition coefficient (Wildman–Crippen LogP) is 2.11. The molecule has 5 nitrogen and oxygen atoms in total. The van der Waals surface area contributed by atoms with E-state index < -0.39 is 5.97 Å². The second-order valence-corrected chi connectivity index (χ2v) is 5.08. The Balaban J connectivity index is 2.08. The number of carbonyl (C=O) groups excluding carboxylic acids is 1. The van der Waals surface area contributed by atoms with Crippen LogP contribution in [0.5, 0.6) is 0 Å². The van der Waals surface area contributed by atoms with Crippen LogP contribution in [0.4, 0.5) is 0 Å². The minimum atomic E-state index is -1.01. The molecule has 0 aliphatic carbocycles. The Morgan fingerprint density at radius 2 is 2.05 bits per heavy atom. The lowest BCUT2D eigenvalue weighted by atomic mass is 10.2. The van der Waals surface area contributed by atoms with E-state index in [0.717, 1.165) is 16.9 Å². The number of aromatic carboxylic acids is 1. The molecule has 0 saturated carbocycles. The third-order valence-corrected chi connectivity index (χ3v) is 3.58. The minimum absolute atomic E-state index is 0.165. The van der Waals surface area contributed by atoms with Gasteiger partial charge in [0, 0.05) is 26.0 Å². The van der Waals surface area contributed by atoms with Gasteiger partial charge in [0.05, 0.1) is 4.88 Å². The lowest BCUT2D eigenvalue weighted by molar-refractivity contribution is 0.0701. The van der Waals surface area contributed by atoms with E-state index in [1.54, 1.807) is 25.5 Å². The number of hydrogen-bond acceptors (Lipinski definition) is 4.